The summed E-state index contributed by atoms with van der Waals surface area (Å²) in [4.78, 5) is 11.0. The van der Waals surface area contributed by atoms with Gasteiger partial charge in [0.1, 0.15) is 0 Å². The minimum atomic E-state index is 0.496. The fourth-order valence-corrected chi connectivity index (χ4v) is 2.52. The molecular weight excluding hydrogens is 242 g/mol. The van der Waals surface area contributed by atoms with E-state index in [-0.39, 0.29) is 0 Å². The van der Waals surface area contributed by atoms with E-state index in [9.17, 15) is 0 Å². The summed E-state index contributed by atoms with van der Waals surface area (Å²) in [6, 6.07) is 3.12. The molecule has 1 fully saturated rings. The van der Waals surface area contributed by atoms with E-state index >= 15 is 0 Å². The van der Waals surface area contributed by atoms with Gasteiger partial charge in [0.15, 0.2) is 0 Å². The van der Waals surface area contributed by atoms with E-state index in [1.807, 2.05) is 12.4 Å². The highest BCUT2D eigenvalue weighted by atomic mass is 79.9. The molecule has 0 N–H and O–H groups in total. The molecule has 2 bridgehead atoms. The summed E-state index contributed by atoms with van der Waals surface area (Å²) in [6.45, 7) is 1.04. The standard InChI is InChI=1S/C10H10BrN3/c11-7-1-9(4-12-3-7)14-6-8-2-10(14)5-13-8/h1,3-5,8,10H,2,6H2/t8-,10-/m1/s1. The molecule has 0 spiro atoms. The predicted octanol–water partition coefficient (Wildman–Crippen LogP) is 1.88. The summed E-state index contributed by atoms with van der Waals surface area (Å²) in [5.74, 6) is 0. The van der Waals surface area contributed by atoms with Crippen LogP contribution in [-0.4, -0.2) is 29.8 Å². The molecule has 72 valence electrons. The molecule has 3 nitrogen and oxygen atoms in total. The van der Waals surface area contributed by atoms with Crippen molar-refractivity contribution in [3.05, 3.63) is 22.9 Å². The quantitative estimate of drug-likeness (QED) is 0.763. The number of hydrogen-bond acceptors (Lipinski definition) is 3. The third-order valence-corrected chi connectivity index (χ3v) is 3.25. The van der Waals surface area contributed by atoms with Gasteiger partial charge in [-0.15, -0.1) is 0 Å². The highest BCUT2D eigenvalue weighted by Crippen LogP contribution is 2.30. The number of fused-ring (bicyclic) bond motifs is 2. The Morgan fingerprint density at radius 2 is 2.36 bits per heavy atom. The van der Waals surface area contributed by atoms with E-state index < -0.39 is 0 Å². The SMILES string of the molecule is Brc1cncc(N2C[C@H]3C[C@@H]2C=N3)c1. The first-order valence-corrected chi connectivity index (χ1v) is 5.53. The molecule has 1 aromatic heterocycles. The van der Waals surface area contributed by atoms with Crippen molar-refractivity contribution in [1.82, 2.24) is 4.98 Å². The highest BCUT2D eigenvalue weighted by Gasteiger charge is 2.35. The maximum absolute atomic E-state index is 4.40. The summed E-state index contributed by atoms with van der Waals surface area (Å²) >= 11 is 3.44. The van der Waals surface area contributed by atoms with Gasteiger partial charge in [0.05, 0.1) is 24.0 Å². The number of nitrogens with zero attached hydrogens (tertiary/aromatic N) is 3. The van der Waals surface area contributed by atoms with Crippen LogP contribution in [0.15, 0.2) is 27.9 Å². The normalized spacial score (nSPS) is 28.8. The van der Waals surface area contributed by atoms with Gasteiger partial charge in [0.2, 0.25) is 0 Å². The molecule has 0 amide bonds. The first-order chi connectivity index (χ1) is 6.83. The maximum atomic E-state index is 4.40. The van der Waals surface area contributed by atoms with E-state index in [2.05, 4.69) is 43.1 Å². The molecule has 0 saturated carbocycles. The molecule has 0 aromatic carbocycles. The Morgan fingerprint density at radius 1 is 1.43 bits per heavy atom. The number of hydrogen-bond donors (Lipinski definition) is 0. The van der Waals surface area contributed by atoms with Gasteiger partial charge in [-0.1, -0.05) is 0 Å². The molecule has 2 aliphatic rings. The molecule has 0 radical (unpaired) electrons. The number of halogens is 1. The second-order valence-electron chi connectivity index (χ2n) is 3.77. The van der Waals surface area contributed by atoms with Crippen molar-refractivity contribution in [3.63, 3.8) is 0 Å². The molecule has 3 rings (SSSR count). The molecular formula is C10H10BrN3. The zero-order chi connectivity index (χ0) is 9.54. The van der Waals surface area contributed by atoms with Gasteiger partial charge in [-0.05, 0) is 28.4 Å². The lowest BCUT2D eigenvalue weighted by atomic mass is 10.2. The number of rotatable bonds is 1. The number of anilines is 1. The topological polar surface area (TPSA) is 28.5 Å². The molecule has 2 aliphatic heterocycles. The van der Waals surface area contributed by atoms with Crippen LogP contribution in [-0.2, 0) is 0 Å². The van der Waals surface area contributed by atoms with E-state index in [1.165, 1.54) is 12.1 Å². The van der Waals surface area contributed by atoms with Crippen molar-refractivity contribution in [1.29, 1.82) is 0 Å². The Labute approximate surface area is 91.0 Å². The highest BCUT2D eigenvalue weighted by molar-refractivity contribution is 9.10. The first kappa shape index (κ1) is 8.41. The average Bonchev–Trinajstić information content (AvgIpc) is 2.78. The lowest BCUT2D eigenvalue weighted by Gasteiger charge is -2.25. The van der Waals surface area contributed by atoms with E-state index in [4.69, 9.17) is 0 Å². The minimum Gasteiger partial charge on any atom is -0.360 e. The summed E-state index contributed by atoms with van der Waals surface area (Å²) < 4.78 is 1.04. The van der Waals surface area contributed by atoms with E-state index in [0.717, 1.165) is 11.0 Å². The zero-order valence-corrected chi connectivity index (χ0v) is 9.18. The third kappa shape index (κ3) is 1.25. The van der Waals surface area contributed by atoms with Crippen LogP contribution in [0.5, 0.6) is 0 Å². The van der Waals surface area contributed by atoms with Crippen LogP contribution in [0.2, 0.25) is 0 Å². The molecule has 14 heavy (non-hydrogen) atoms. The second kappa shape index (κ2) is 3.05. The van der Waals surface area contributed by atoms with Crippen LogP contribution in [0.1, 0.15) is 6.42 Å². The molecule has 1 aromatic rings. The molecule has 0 aliphatic carbocycles. The number of aliphatic imine (C=N–C) groups is 1. The van der Waals surface area contributed by atoms with Crippen LogP contribution < -0.4 is 4.90 Å². The minimum absolute atomic E-state index is 0.496. The molecule has 4 heteroatoms. The largest absolute Gasteiger partial charge is 0.360 e. The number of aromatic nitrogens is 1. The van der Waals surface area contributed by atoms with Crippen LogP contribution in [0.4, 0.5) is 5.69 Å². The Hall–Kier alpha value is -0.900. The van der Waals surface area contributed by atoms with Crippen LogP contribution in [0, 0.1) is 0 Å². The van der Waals surface area contributed by atoms with Gasteiger partial charge < -0.3 is 4.90 Å². The van der Waals surface area contributed by atoms with Gasteiger partial charge in [0, 0.05) is 23.4 Å². The van der Waals surface area contributed by atoms with Crippen LogP contribution in [0.3, 0.4) is 0 Å². The molecule has 1 saturated heterocycles. The lowest BCUT2D eigenvalue weighted by molar-refractivity contribution is 0.774. The Morgan fingerprint density at radius 3 is 3.00 bits per heavy atom. The summed E-state index contributed by atoms with van der Waals surface area (Å²) in [7, 11) is 0. The predicted molar refractivity (Wildman–Crippen MR) is 60.0 cm³/mol. The van der Waals surface area contributed by atoms with Gasteiger partial charge in [-0.25, -0.2) is 0 Å². The fraction of sp³-hybridized carbons (Fsp3) is 0.400. The van der Waals surface area contributed by atoms with E-state index in [0.29, 0.717) is 12.1 Å². The number of pyridine rings is 1. The van der Waals surface area contributed by atoms with Crippen molar-refractivity contribution < 1.29 is 0 Å². The smallest absolute Gasteiger partial charge is 0.0695 e. The zero-order valence-electron chi connectivity index (χ0n) is 7.60. The molecule has 3 heterocycles. The summed E-state index contributed by atoms with van der Waals surface area (Å²) in [6.07, 6.45) is 6.97. The first-order valence-electron chi connectivity index (χ1n) is 4.73. The second-order valence-corrected chi connectivity index (χ2v) is 4.68. The van der Waals surface area contributed by atoms with Gasteiger partial charge >= 0.3 is 0 Å². The Bertz CT molecular complexity index is 391. The third-order valence-electron chi connectivity index (χ3n) is 2.81. The van der Waals surface area contributed by atoms with Gasteiger partial charge in [-0.3, -0.25) is 9.98 Å². The van der Waals surface area contributed by atoms with Crippen molar-refractivity contribution in [2.45, 2.75) is 18.5 Å². The van der Waals surface area contributed by atoms with Crippen LogP contribution in [0.25, 0.3) is 0 Å². The van der Waals surface area contributed by atoms with Crippen molar-refractivity contribution in [2.24, 2.45) is 4.99 Å². The molecule has 2 atom stereocenters. The lowest BCUT2D eigenvalue weighted by Crippen LogP contribution is -2.32. The average molecular weight is 252 g/mol. The van der Waals surface area contributed by atoms with Gasteiger partial charge in [-0.2, -0.15) is 0 Å². The maximum Gasteiger partial charge on any atom is 0.0695 e. The van der Waals surface area contributed by atoms with Crippen molar-refractivity contribution in [2.75, 3.05) is 11.4 Å². The Balaban J connectivity index is 1.93. The summed E-state index contributed by atoms with van der Waals surface area (Å²) in [5.41, 5.74) is 1.19. The van der Waals surface area contributed by atoms with Crippen molar-refractivity contribution >= 4 is 27.8 Å². The van der Waals surface area contributed by atoms with Crippen molar-refractivity contribution in [3.8, 4) is 0 Å². The Kier molecular flexibility index (Phi) is 1.83. The fourth-order valence-electron chi connectivity index (χ4n) is 2.17. The van der Waals surface area contributed by atoms with E-state index in [1.54, 1.807) is 0 Å². The van der Waals surface area contributed by atoms with Crippen LogP contribution >= 0.6 is 15.9 Å². The summed E-state index contributed by atoms with van der Waals surface area (Å²) in [5, 5.41) is 0. The monoisotopic (exact) mass is 251 g/mol. The molecule has 0 unspecified atom stereocenters. The van der Waals surface area contributed by atoms with Gasteiger partial charge in [0.25, 0.3) is 0 Å².